The molecule has 2 unspecified atom stereocenters. The Kier molecular flexibility index (Phi) is 3.87. The molecule has 7 heteroatoms. The first-order chi connectivity index (χ1) is 13.1. The number of rotatable bonds is 3. The van der Waals surface area contributed by atoms with E-state index in [1.54, 1.807) is 0 Å². The lowest BCUT2D eigenvalue weighted by Crippen LogP contribution is -2.45. The van der Waals surface area contributed by atoms with E-state index in [-0.39, 0.29) is 18.2 Å². The lowest BCUT2D eigenvalue weighted by atomic mass is 9.98. The molecule has 27 heavy (non-hydrogen) atoms. The zero-order chi connectivity index (χ0) is 18.5. The molecule has 0 radical (unpaired) electrons. The predicted molar refractivity (Wildman–Crippen MR) is 104 cm³/mol. The summed E-state index contributed by atoms with van der Waals surface area (Å²) in [6.07, 6.45) is 4.80. The average Bonchev–Trinajstić information content (AvgIpc) is 3.18. The number of hydrogen-bond donors (Lipinski definition) is 2. The Hall–Kier alpha value is -2.51. The van der Waals surface area contributed by atoms with Gasteiger partial charge in [-0.15, -0.1) is 11.3 Å². The van der Waals surface area contributed by atoms with Crippen LogP contribution in [0.15, 0.2) is 36.7 Å². The molecule has 6 nitrogen and oxygen atoms in total. The third-order valence-corrected chi connectivity index (χ3v) is 6.76. The van der Waals surface area contributed by atoms with Crippen LogP contribution in [0, 0.1) is 0 Å². The van der Waals surface area contributed by atoms with Crippen molar-refractivity contribution in [1.29, 1.82) is 0 Å². The first-order valence-corrected chi connectivity index (χ1v) is 9.97. The van der Waals surface area contributed by atoms with Crippen LogP contribution in [0.5, 0.6) is 0 Å². The van der Waals surface area contributed by atoms with E-state index in [0.717, 1.165) is 42.5 Å². The molecule has 0 aliphatic carbocycles. The Morgan fingerprint density at radius 3 is 2.48 bits per heavy atom. The van der Waals surface area contributed by atoms with E-state index >= 15 is 0 Å². The first kappa shape index (κ1) is 16.6. The number of aromatic carboxylic acids is 1. The number of aromatic nitrogens is 2. The van der Waals surface area contributed by atoms with Gasteiger partial charge in [0.2, 0.25) is 0 Å². The number of carboxylic acids is 1. The maximum absolute atomic E-state index is 12.0. The van der Waals surface area contributed by atoms with Crippen molar-refractivity contribution in [1.82, 2.24) is 9.97 Å². The highest BCUT2D eigenvalue weighted by Crippen LogP contribution is 2.46. The molecule has 2 bridgehead atoms. The summed E-state index contributed by atoms with van der Waals surface area (Å²) in [7, 11) is 0. The van der Waals surface area contributed by atoms with E-state index < -0.39 is 5.97 Å². The van der Waals surface area contributed by atoms with Crippen LogP contribution in [0.25, 0.3) is 21.3 Å². The molecule has 2 aliphatic heterocycles. The third-order valence-electron chi connectivity index (χ3n) is 5.68. The maximum atomic E-state index is 12.0. The first-order valence-electron chi connectivity index (χ1n) is 9.16. The van der Waals surface area contributed by atoms with Gasteiger partial charge in [0.15, 0.2) is 0 Å². The van der Waals surface area contributed by atoms with Crippen molar-refractivity contribution in [3.8, 4) is 11.1 Å². The highest BCUT2D eigenvalue weighted by atomic mass is 32.1. The summed E-state index contributed by atoms with van der Waals surface area (Å²) >= 11 is 1.20. The van der Waals surface area contributed by atoms with Gasteiger partial charge in [-0.25, -0.2) is 14.8 Å². The zero-order valence-electron chi connectivity index (χ0n) is 14.6. The average molecular weight is 381 g/mol. The van der Waals surface area contributed by atoms with Crippen LogP contribution < -0.4 is 4.90 Å². The fourth-order valence-corrected chi connectivity index (χ4v) is 5.64. The van der Waals surface area contributed by atoms with Crippen molar-refractivity contribution in [3.63, 3.8) is 0 Å². The molecule has 3 aromatic rings. The van der Waals surface area contributed by atoms with Crippen molar-refractivity contribution in [2.75, 3.05) is 4.90 Å². The van der Waals surface area contributed by atoms with Crippen LogP contribution in [0.3, 0.4) is 0 Å². The number of carboxylic acid groups (broad SMARTS) is 1. The number of piperidine rings is 1. The van der Waals surface area contributed by atoms with Crippen molar-refractivity contribution < 1.29 is 15.0 Å². The predicted octanol–water partition coefficient (Wildman–Crippen LogP) is 3.55. The van der Waals surface area contributed by atoms with Crippen LogP contribution >= 0.6 is 11.3 Å². The summed E-state index contributed by atoms with van der Waals surface area (Å²) in [5.41, 5.74) is 1.56. The highest BCUT2D eigenvalue weighted by Gasteiger charge is 2.42. The minimum Gasteiger partial charge on any atom is -0.477 e. The van der Waals surface area contributed by atoms with Gasteiger partial charge in [0.05, 0.1) is 11.5 Å². The smallest absolute Gasteiger partial charge is 0.346 e. The number of fused-ring (bicyclic) bond motifs is 3. The molecule has 0 saturated carbocycles. The van der Waals surface area contributed by atoms with Gasteiger partial charge >= 0.3 is 5.97 Å². The Bertz CT molecular complexity index is 1010. The standard InChI is InChI=1S/C20H19N3O3S/c24-14-8-12-6-7-13(9-14)23(12)18-16-15(11-4-2-1-3-5-11)17(20(25)26)27-19(16)22-10-21-18/h1-5,10,12-14,24H,6-9H2,(H,25,26). The molecule has 2 aromatic heterocycles. The van der Waals surface area contributed by atoms with E-state index in [1.165, 1.54) is 17.7 Å². The van der Waals surface area contributed by atoms with Crippen molar-refractivity contribution >= 4 is 33.3 Å². The van der Waals surface area contributed by atoms with E-state index in [2.05, 4.69) is 14.9 Å². The van der Waals surface area contributed by atoms with E-state index in [9.17, 15) is 15.0 Å². The van der Waals surface area contributed by atoms with Gasteiger partial charge in [0.25, 0.3) is 0 Å². The fraction of sp³-hybridized carbons (Fsp3) is 0.350. The minimum absolute atomic E-state index is 0.244. The van der Waals surface area contributed by atoms with Gasteiger partial charge in [0.1, 0.15) is 21.9 Å². The normalized spacial score (nSPS) is 24.5. The second kappa shape index (κ2) is 6.28. The van der Waals surface area contributed by atoms with Gasteiger partial charge < -0.3 is 15.1 Å². The Morgan fingerprint density at radius 1 is 1.11 bits per heavy atom. The largest absolute Gasteiger partial charge is 0.477 e. The summed E-state index contributed by atoms with van der Waals surface area (Å²) in [4.78, 5) is 24.2. The summed E-state index contributed by atoms with van der Waals surface area (Å²) < 4.78 is 0. The highest BCUT2D eigenvalue weighted by molar-refractivity contribution is 7.21. The Morgan fingerprint density at radius 2 is 1.81 bits per heavy atom. The van der Waals surface area contributed by atoms with Crippen LogP contribution in [-0.4, -0.2) is 44.3 Å². The van der Waals surface area contributed by atoms with Gasteiger partial charge in [-0.1, -0.05) is 30.3 Å². The van der Waals surface area contributed by atoms with Gasteiger partial charge in [0, 0.05) is 17.6 Å². The van der Waals surface area contributed by atoms with E-state index in [0.29, 0.717) is 15.3 Å². The number of anilines is 1. The Balaban J connectivity index is 1.76. The van der Waals surface area contributed by atoms with Gasteiger partial charge in [-0.05, 0) is 31.2 Å². The molecule has 0 amide bonds. The molecule has 0 spiro atoms. The SMILES string of the molecule is O=C(O)c1sc2ncnc(N3C4CCC3CC(O)C4)c2c1-c1ccccc1. The number of aliphatic hydroxyl groups is 1. The summed E-state index contributed by atoms with van der Waals surface area (Å²) in [6, 6.07) is 10.1. The number of aliphatic hydroxyl groups excluding tert-OH is 1. The van der Waals surface area contributed by atoms with Crippen LogP contribution in [0.1, 0.15) is 35.4 Å². The zero-order valence-corrected chi connectivity index (χ0v) is 15.4. The Labute approximate surface area is 160 Å². The number of carbonyl (C=O) groups is 1. The number of nitrogens with zero attached hydrogens (tertiary/aromatic N) is 3. The molecule has 1 aromatic carbocycles. The molecule has 2 N–H and O–H groups in total. The molecule has 5 rings (SSSR count). The van der Waals surface area contributed by atoms with Crippen LogP contribution in [-0.2, 0) is 0 Å². The quantitative estimate of drug-likeness (QED) is 0.722. The molecule has 4 heterocycles. The van der Waals surface area contributed by atoms with Crippen molar-refractivity contribution in [3.05, 3.63) is 41.5 Å². The summed E-state index contributed by atoms with van der Waals surface area (Å²) in [5, 5.41) is 20.8. The summed E-state index contributed by atoms with van der Waals surface area (Å²) in [5.74, 6) is -0.137. The van der Waals surface area contributed by atoms with Crippen LogP contribution in [0.2, 0.25) is 0 Å². The topological polar surface area (TPSA) is 86.5 Å². The fourth-order valence-electron chi connectivity index (χ4n) is 4.64. The minimum atomic E-state index is -0.945. The molecule has 138 valence electrons. The molecular weight excluding hydrogens is 362 g/mol. The second-order valence-corrected chi connectivity index (χ2v) is 8.27. The third kappa shape index (κ3) is 2.61. The molecule has 2 aliphatic rings. The second-order valence-electron chi connectivity index (χ2n) is 7.27. The van der Waals surface area contributed by atoms with Crippen LogP contribution in [0.4, 0.5) is 5.82 Å². The monoisotopic (exact) mass is 381 g/mol. The lowest BCUT2D eigenvalue weighted by molar-refractivity contribution is 0.0703. The number of benzene rings is 1. The van der Waals surface area contributed by atoms with E-state index in [1.807, 2.05) is 30.3 Å². The molecular formula is C20H19N3O3S. The molecule has 2 atom stereocenters. The van der Waals surface area contributed by atoms with Crippen molar-refractivity contribution in [2.45, 2.75) is 43.9 Å². The lowest BCUT2D eigenvalue weighted by Gasteiger charge is -2.38. The van der Waals surface area contributed by atoms with Gasteiger partial charge in [-0.2, -0.15) is 0 Å². The number of hydrogen-bond acceptors (Lipinski definition) is 6. The number of thiophene rings is 1. The van der Waals surface area contributed by atoms with Crippen molar-refractivity contribution in [2.24, 2.45) is 0 Å². The molecule has 2 saturated heterocycles. The summed E-state index contributed by atoms with van der Waals surface area (Å²) in [6.45, 7) is 0. The molecule has 2 fully saturated rings. The van der Waals surface area contributed by atoms with E-state index in [4.69, 9.17) is 0 Å². The maximum Gasteiger partial charge on any atom is 0.346 e. The van der Waals surface area contributed by atoms with Gasteiger partial charge in [-0.3, -0.25) is 0 Å².